The minimum Gasteiger partial charge on any atom is -0.323 e. The first-order valence-electron chi connectivity index (χ1n) is 8.87. The summed E-state index contributed by atoms with van der Waals surface area (Å²) >= 11 is 1.71. The summed E-state index contributed by atoms with van der Waals surface area (Å²) in [4.78, 5) is 34.6. The lowest BCUT2D eigenvalue weighted by molar-refractivity contribution is -0.133. The zero-order valence-electron chi connectivity index (χ0n) is 14.8. The summed E-state index contributed by atoms with van der Waals surface area (Å²) in [5, 5.41) is 4.05. The Morgan fingerprint density at radius 3 is 2.54 bits per heavy atom. The van der Waals surface area contributed by atoms with Crippen LogP contribution in [0.4, 0.5) is 4.79 Å². The Morgan fingerprint density at radius 2 is 1.88 bits per heavy atom. The van der Waals surface area contributed by atoms with Crippen molar-refractivity contribution in [3.63, 3.8) is 0 Å². The van der Waals surface area contributed by atoms with Crippen molar-refractivity contribution in [3.05, 3.63) is 52.0 Å². The molecule has 0 unspecified atom stereocenters. The van der Waals surface area contributed by atoms with E-state index in [0.717, 1.165) is 30.2 Å². The van der Waals surface area contributed by atoms with Gasteiger partial charge in [-0.05, 0) is 25.3 Å². The fraction of sp³-hybridized carbons (Fsp3) is 0.421. The maximum atomic E-state index is 13.0. The van der Waals surface area contributed by atoms with Gasteiger partial charge in [0.1, 0.15) is 5.54 Å². The molecule has 1 spiro atoms. The molecule has 1 aromatic heterocycles. The van der Waals surface area contributed by atoms with Crippen LogP contribution in [0.5, 0.6) is 0 Å². The summed E-state index contributed by atoms with van der Waals surface area (Å²) in [6.45, 7) is 4.78. The highest BCUT2D eigenvalue weighted by atomic mass is 32.1. The standard InChI is InChI=1S/C19H22N4O2S/c1-14-20-11-16(26-14)13-22-9-7-19(8-10-22)17(24)23(18(25)21-19)12-15-5-3-2-4-6-15/h2-6,11H,7-10,12-13H2,1H3,(H,21,25). The largest absolute Gasteiger partial charge is 0.325 e. The first kappa shape index (κ1) is 17.2. The molecule has 2 saturated heterocycles. The Labute approximate surface area is 156 Å². The molecule has 2 aliphatic rings. The molecule has 2 aromatic rings. The van der Waals surface area contributed by atoms with Gasteiger partial charge in [-0.1, -0.05) is 30.3 Å². The number of aryl methyl sites for hydroxylation is 1. The second-order valence-electron chi connectivity index (χ2n) is 7.01. The number of hydrogen-bond donors (Lipinski definition) is 1. The summed E-state index contributed by atoms with van der Waals surface area (Å²) in [6, 6.07) is 9.37. The van der Waals surface area contributed by atoms with Gasteiger partial charge in [0.05, 0.1) is 11.6 Å². The minimum atomic E-state index is -0.730. The van der Waals surface area contributed by atoms with Crippen LogP contribution >= 0.6 is 11.3 Å². The quantitative estimate of drug-likeness (QED) is 0.840. The van der Waals surface area contributed by atoms with Crippen LogP contribution in [0.15, 0.2) is 36.5 Å². The smallest absolute Gasteiger partial charge is 0.323 e. The van der Waals surface area contributed by atoms with Crippen LogP contribution in [-0.4, -0.2) is 45.4 Å². The van der Waals surface area contributed by atoms with Gasteiger partial charge in [-0.2, -0.15) is 0 Å². The number of nitrogens with zero attached hydrogens (tertiary/aromatic N) is 3. The van der Waals surface area contributed by atoms with Crippen molar-refractivity contribution >= 4 is 23.3 Å². The van der Waals surface area contributed by atoms with Crippen molar-refractivity contribution < 1.29 is 9.59 Å². The van der Waals surface area contributed by atoms with E-state index in [1.54, 1.807) is 11.3 Å². The van der Waals surface area contributed by atoms with Gasteiger partial charge in [0.2, 0.25) is 0 Å². The summed E-state index contributed by atoms with van der Waals surface area (Å²) in [6.07, 6.45) is 3.23. The Hall–Kier alpha value is -2.25. The number of hydrogen-bond acceptors (Lipinski definition) is 5. The SMILES string of the molecule is Cc1ncc(CN2CCC3(CC2)NC(=O)N(Cc2ccccc2)C3=O)s1. The lowest BCUT2D eigenvalue weighted by atomic mass is 9.87. The van der Waals surface area contributed by atoms with E-state index in [2.05, 4.69) is 15.2 Å². The highest BCUT2D eigenvalue weighted by molar-refractivity contribution is 7.11. The number of benzene rings is 1. The molecule has 0 radical (unpaired) electrons. The maximum Gasteiger partial charge on any atom is 0.325 e. The second kappa shape index (κ2) is 6.81. The third-order valence-electron chi connectivity index (χ3n) is 5.19. The van der Waals surface area contributed by atoms with Gasteiger partial charge in [-0.25, -0.2) is 9.78 Å². The number of thiazole rings is 1. The van der Waals surface area contributed by atoms with Gasteiger partial charge in [0, 0.05) is 30.7 Å². The minimum absolute atomic E-state index is 0.0837. The van der Waals surface area contributed by atoms with E-state index in [1.165, 1.54) is 9.78 Å². The highest BCUT2D eigenvalue weighted by Gasteiger charge is 2.52. The van der Waals surface area contributed by atoms with Crippen LogP contribution < -0.4 is 5.32 Å². The monoisotopic (exact) mass is 370 g/mol. The topological polar surface area (TPSA) is 65.5 Å². The molecule has 1 N–H and O–H groups in total. The Bertz CT molecular complexity index is 812. The predicted octanol–water partition coefficient (Wildman–Crippen LogP) is 2.54. The number of amides is 3. The molecule has 0 saturated carbocycles. The Balaban J connectivity index is 1.40. The Morgan fingerprint density at radius 1 is 1.15 bits per heavy atom. The average Bonchev–Trinajstić information content (AvgIpc) is 3.15. The van der Waals surface area contributed by atoms with Gasteiger partial charge >= 0.3 is 6.03 Å². The summed E-state index contributed by atoms with van der Waals surface area (Å²) in [7, 11) is 0. The molecule has 1 aromatic carbocycles. The van der Waals surface area contributed by atoms with Gasteiger partial charge in [0.15, 0.2) is 0 Å². The molecule has 7 heteroatoms. The normalized spacial score (nSPS) is 20.0. The van der Waals surface area contributed by atoms with E-state index in [1.807, 2.05) is 43.5 Å². The third kappa shape index (κ3) is 3.24. The molecule has 0 bridgehead atoms. The summed E-state index contributed by atoms with van der Waals surface area (Å²) in [5.74, 6) is -0.0837. The van der Waals surface area contributed by atoms with Crippen LogP contribution in [0, 0.1) is 6.92 Å². The maximum absolute atomic E-state index is 13.0. The number of carbonyl (C=O) groups is 2. The number of piperidine rings is 1. The lowest BCUT2D eigenvalue weighted by Crippen LogP contribution is -2.54. The van der Waals surface area contributed by atoms with Crippen LogP contribution in [0.3, 0.4) is 0 Å². The number of urea groups is 1. The van der Waals surface area contributed by atoms with Crippen LogP contribution in [0.25, 0.3) is 0 Å². The second-order valence-corrected chi connectivity index (χ2v) is 8.33. The lowest BCUT2D eigenvalue weighted by Gasteiger charge is -2.37. The first-order valence-corrected chi connectivity index (χ1v) is 9.69. The van der Waals surface area contributed by atoms with E-state index in [4.69, 9.17) is 0 Å². The zero-order valence-corrected chi connectivity index (χ0v) is 15.6. The van der Waals surface area contributed by atoms with Gasteiger partial charge < -0.3 is 5.32 Å². The van der Waals surface area contributed by atoms with Gasteiger partial charge in [-0.15, -0.1) is 11.3 Å². The van der Waals surface area contributed by atoms with Gasteiger partial charge in [-0.3, -0.25) is 14.6 Å². The van der Waals surface area contributed by atoms with Crippen LogP contribution in [0.2, 0.25) is 0 Å². The van der Waals surface area contributed by atoms with Crippen molar-refractivity contribution in [1.82, 2.24) is 20.1 Å². The molecule has 136 valence electrons. The van der Waals surface area contributed by atoms with Crippen molar-refractivity contribution in [1.29, 1.82) is 0 Å². The van der Waals surface area contributed by atoms with E-state index >= 15 is 0 Å². The number of rotatable bonds is 4. The molecule has 2 fully saturated rings. The van der Waals surface area contributed by atoms with E-state index in [0.29, 0.717) is 19.4 Å². The van der Waals surface area contributed by atoms with Crippen molar-refractivity contribution in [2.75, 3.05) is 13.1 Å². The highest BCUT2D eigenvalue weighted by Crippen LogP contribution is 2.31. The number of aromatic nitrogens is 1. The van der Waals surface area contributed by atoms with Crippen molar-refractivity contribution in [2.24, 2.45) is 0 Å². The third-order valence-corrected chi connectivity index (χ3v) is 6.09. The number of imide groups is 1. The van der Waals surface area contributed by atoms with Gasteiger partial charge in [0.25, 0.3) is 5.91 Å². The summed E-state index contributed by atoms with van der Waals surface area (Å²) < 4.78 is 0. The van der Waals surface area contributed by atoms with Crippen LogP contribution in [0.1, 0.15) is 28.3 Å². The number of carbonyl (C=O) groups excluding carboxylic acids is 2. The molecule has 6 nitrogen and oxygen atoms in total. The molecular weight excluding hydrogens is 348 g/mol. The summed E-state index contributed by atoms with van der Waals surface area (Å²) in [5.41, 5.74) is 0.234. The molecule has 4 rings (SSSR count). The predicted molar refractivity (Wildman–Crippen MR) is 99.6 cm³/mol. The van der Waals surface area contributed by atoms with E-state index < -0.39 is 5.54 Å². The van der Waals surface area contributed by atoms with Crippen LogP contribution in [-0.2, 0) is 17.9 Å². The van der Waals surface area contributed by atoms with Crippen molar-refractivity contribution in [2.45, 2.75) is 38.4 Å². The molecule has 2 aliphatic heterocycles. The average molecular weight is 370 g/mol. The number of nitrogens with one attached hydrogen (secondary N) is 1. The fourth-order valence-electron chi connectivity index (χ4n) is 3.72. The molecule has 3 heterocycles. The fourth-order valence-corrected chi connectivity index (χ4v) is 4.55. The molecule has 0 atom stereocenters. The Kier molecular flexibility index (Phi) is 4.50. The molecule has 0 aliphatic carbocycles. The first-order chi connectivity index (χ1) is 12.6. The van der Waals surface area contributed by atoms with E-state index in [9.17, 15) is 9.59 Å². The molecular formula is C19H22N4O2S. The van der Waals surface area contributed by atoms with E-state index in [-0.39, 0.29) is 11.9 Å². The number of likely N-dealkylation sites (tertiary alicyclic amines) is 1. The van der Waals surface area contributed by atoms with Crippen molar-refractivity contribution in [3.8, 4) is 0 Å². The molecule has 3 amide bonds. The zero-order chi connectivity index (χ0) is 18.1. The molecule has 26 heavy (non-hydrogen) atoms.